The quantitative estimate of drug-likeness (QED) is 0.584. The van der Waals surface area contributed by atoms with Crippen molar-refractivity contribution in [2.75, 3.05) is 12.4 Å². The van der Waals surface area contributed by atoms with E-state index in [2.05, 4.69) is 15.5 Å². The molecular formula is C19H18FN3O3S. The molecule has 2 aromatic rings. The fourth-order valence-electron chi connectivity index (χ4n) is 2.29. The molecule has 1 heterocycles. The maximum Gasteiger partial charge on any atom is 0.236 e. The largest absolute Gasteiger partial charge is 0.490 e. The number of carbonyl (C=O) groups excluding carboxylic acids is 1. The number of amidine groups is 1. The first kappa shape index (κ1) is 18.9. The van der Waals surface area contributed by atoms with Crippen LogP contribution in [0.5, 0.6) is 11.5 Å². The lowest BCUT2D eigenvalue weighted by Crippen LogP contribution is -2.19. The third kappa shape index (κ3) is 5.30. The Balaban J connectivity index is 1.70. The summed E-state index contributed by atoms with van der Waals surface area (Å²) in [5.41, 5.74) is 1.23. The lowest BCUT2D eigenvalue weighted by atomic mass is 10.2. The molecule has 0 radical (unpaired) electrons. The van der Waals surface area contributed by atoms with Crippen LogP contribution >= 0.6 is 11.8 Å². The first-order valence-electron chi connectivity index (χ1n) is 8.32. The second kappa shape index (κ2) is 9.18. The van der Waals surface area contributed by atoms with Crippen molar-refractivity contribution >= 4 is 29.1 Å². The summed E-state index contributed by atoms with van der Waals surface area (Å²) in [6.07, 6.45) is 1.56. The number of hydrogen-bond donors (Lipinski definition) is 1. The van der Waals surface area contributed by atoms with Crippen LogP contribution in [0, 0.1) is 5.82 Å². The maximum absolute atomic E-state index is 13.7. The van der Waals surface area contributed by atoms with E-state index in [-0.39, 0.29) is 18.3 Å². The van der Waals surface area contributed by atoms with E-state index in [1.54, 1.807) is 42.6 Å². The molecule has 6 nitrogen and oxygen atoms in total. The number of nitrogens with one attached hydrogen (secondary N) is 1. The number of carbonyl (C=O) groups is 1. The van der Waals surface area contributed by atoms with Gasteiger partial charge >= 0.3 is 0 Å². The van der Waals surface area contributed by atoms with Crippen LogP contribution in [0.25, 0.3) is 0 Å². The topological polar surface area (TPSA) is 72.3 Å². The predicted molar refractivity (Wildman–Crippen MR) is 104 cm³/mol. The van der Waals surface area contributed by atoms with Gasteiger partial charge in [-0.25, -0.2) is 4.39 Å². The minimum Gasteiger partial charge on any atom is -0.490 e. The molecule has 1 fully saturated rings. The Hall–Kier alpha value is -2.87. The summed E-state index contributed by atoms with van der Waals surface area (Å²) in [4.78, 5) is 11.1. The fraction of sp³-hybridized carbons (Fsp3) is 0.211. The van der Waals surface area contributed by atoms with E-state index in [0.29, 0.717) is 34.6 Å². The van der Waals surface area contributed by atoms with Crippen LogP contribution in [0.2, 0.25) is 0 Å². The molecule has 27 heavy (non-hydrogen) atoms. The number of amides is 1. The first-order valence-corrected chi connectivity index (χ1v) is 9.31. The van der Waals surface area contributed by atoms with Crippen LogP contribution in [-0.4, -0.2) is 29.6 Å². The number of thioether (sulfide) groups is 1. The highest BCUT2D eigenvalue weighted by atomic mass is 32.2. The molecule has 1 aliphatic rings. The Labute approximate surface area is 160 Å². The van der Waals surface area contributed by atoms with Gasteiger partial charge in [0.2, 0.25) is 5.91 Å². The third-order valence-corrected chi connectivity index (χ3v) is 4.41. The van der Waals surface area contributed by atoms with Crippen molar-refractivity contribution in [1.82, 2.24) is 5.32 Å². The molecule has 0 aliphatic carbocycles. The standard InChI is InChI=1S/C19H18FN3O3S/c1-2-25-17-9-13(10-21-23-19-22-18(24)12-27-19)7-8-16(17)26-11-14-5-3-4-6-15(14)20/h3-10H,2,11-12H2,1H3,(H,22,23,24). The van der Waals surface area contributed by atoms with Crippen molar-refractivity contribution in [3.63, 3.8) is 0 Å². The normalized spacial score (nSPS) is 15.3. The van der Waals surface area contributed by atoms with Gasteiger partial charge < -0.3 is 14.8 Å². The van der Waals surface area contributed by atoms with Gasteiger partial charge in [-0.1, -0.05) is 30.0 Å². The van der Waals surface area contributed by atoms with Crippen molar-refractivity contribution in [2.45, 2.75) is 13.5 Å². The Kier molecular flexibility index (Phi) is 6.43. The number of benzene rings is 2. The summed E-state index contributed by atoms with van der Waals surface area (Å²) in [6.45, 7) is 2.43. The number of ether oxygens (including phenoxy) is 2. The van der Waals surface area contributed by atoms with Crippen molar-refractivity contribution in [3.8, 4) is 11.5 Å². The van der Waals surface area contributed by atoms with E-state index in [0.717, 1.165) is 5.56 Å². The highest BCUT2D eigenvalue weighted by molar-refractivity contribution is 8.15. The summed E-state index contributed by atoms with van der Waals surface area (Å²) < 4.78 is 25.1. The molecule has 0 unspecified atom stereocenters. The third-order valence-electron chi connectivity index (χ3n) is 3.55. The van der Waals surface area contributed by atoms with Gasteiger partial charge in [0.1, 0.15) is 12.4 Å². The molecule has 0 atom stereocenters. The average Bonchev–Trinajstić information content (AvgIpc) is 3.08. The van der Waals surface area contributed by atoms with Gasteiger partial charge in [-0.15, -0.1) is 5.10 Å². The summed E-state index contributed by atoms with van der Waals surface area (Å²) in [7, 11) is 0. The lowest BCUT2D eigenvalue weighted by Gasteiger charge is -2.13. The molecular weight excluding hydrogens is 369 g/mol. The number of halogens is 1. The Morgan fingerprint density at radius 1 is 1.22 bits per heavy atom. The highest BCUT2D eigenvalue weighted by Crippen LogP contribution is 2.29. The first-order chi connectivity index (χ1) is 13.2. The molecule has 2 aromatic carbocycles. The van der Waals surface area contributed by atoms with Gasteiger partial charge in [-0.2, -0.15) is 5.10 Å². The van der Waals surface area contributed by atoms with Gasteiger partial charge in [-0.05, 0) is 36.8 Å². The zero-order valence-electron chi connectivity index (χ0n) is 14.6. The van der Waals surface area contributed by atoms with Crippen LogP contribution in [0.15, 0.2) is 52.7 Å². The Morgan fingerprint density at radius 2 is 2.07 bits per heavy atom. The van der Waals surface area contributed by atoms with Gasteiger partial charge in [0, 0.05) is 5.56 Å². The van der Waals surface area contributed by atoms with Crippen LogP contribution in [0.4, 0.5) is 4.39 Å². The van der Waals surface area contributed by atoms with E-state index in [4.69, 9.17) is 9.47 Å². The predicted octanol–water partition coefficient (Wildman–Crippen LogP) is 3.36. The van der Waals surface area contributed by atoms with Crippen molar-refractivity contribution in [1.29, 1.82) is 0 Å². The summed E-state index contributed by atoms with van der Waals surface area (Å²) in [5.74, 6) is 1.02. The van der Waals surface area contributed by atoms with Gasteiger partial charge in [0.15, 0.2) is 16.7 Å². The van der Waals surface area contributed by atoms with E-state index < -0.39 is 0 Å². The molecule has 0 spiro atoms. The molecule has 8 heteroatoms. The molecule has 140 valence electrons. The minimum absolute atomic E-state index is 0.0797. The Morgan fingerprint density at radius 3 is 2.81 bits per heavy atom. The fourth-order valence-corrected chi connectivity index (χ4v) is 2.92. The van der Waals surface area contributed by atoms with Crippen LogP contribution in [0.3, 0.4) is 0 Å². The zero-order valence-corrected chi connectivity index (χ0v) is 15.5. The van der Waals surface area contributed by atoms with Crippen molar-refractivity contribution in [2.24, 2.45) is 10.2 Å². The van der Waals surface area contributed by atoms with E-state index in [1.807, 2.05) is 6.92 Å². The lowest BCUT2D eigenvalue weighted by molar-refractivity contribution is -0.116. The van der Waals surface area contributed by atoms with Gasteiger partial charge in [0.05, 0.1) is 18.6 Å². The second-order valence-corrected chi connectivity index (χ2v) is 6.47. The van der Waals surface area contributed by atoms with Crippen molar-refractivity contribution in [3.05, 3.63) is 59.4 Å². The molecule has 1 N–H and O–H groups in total. The molecule has 3 rings (SSSR count). The molecule has 1 saturated heterocycles. The highest BCUT2D eigenvalue weighted by Gasteiger charge is 2.16. The van der Waals surface area contributed by atoms with Crippen LogP contribution in [-0.2, 0) is 11.4 Å². The molecule has 0 aromatic heterocycles. The average molecular weight is 387 g/mol. The number of hydrogen-bond acceptors (Lipinski definition) is 6. The monoisotopic (exact) mass is 387 g/mol. The molecule has 0 saturated carbocycles. The SMILES string of the molecule is CCOc1cc(C=NN=C2NC(=O)CS2)ccc1OCc1ccccc1F. The molecule has 0 bridgehead atoms. The van der Waals surface area contributed by atoms with Crippen LogP contribution < -0.4 is 14.8 Å². The van der Waals surface area contributed by atoms with E-state index in [1.165, 1.54) is 17.8 Å². The molecule has 1 amide bonds. The maximum atomic E-state index is 13.7. The minimum atomic E-state index is -0.310. The summed E-state index contributed by atoms with van der Waals surface area (Å²) in [5, 5.41) is 11.0. The van der Waals surface area contributed by atoms with E-state index in [9.17, 15) is 9.18 Å². The summed E-state index contributed by atoms with van der Waals surface area (Å²) in [6, 6.07) is 11.8. The number of nitrogens with zero attached hydrogens (tertiary/aromatic N) is 2. The second-order valence-electron chi connectivity index (χ2n) is 5.51. The Bertz CT molecular complexity index is 886. The molecule has 1 aliphatic heterocycles. The van der Waals surface area contributed by atoms with Gasteiger partial charge in [0.25, 0.3) is 0 Å². The van der Waals surface area contributed by atoms with Crippen molar-refractivity contribution < 1.29 is 18.7 Å². The smallest absolute Gasteiger partial charge is 0.236 e. The van der Waals surface area contributed by atoms with E-state index >= 15 is 0 Å². The van der Waals surface area contributed by atoms with Gasteiger partial charge in [-0.3, -0.25) is 4.79 Å². The zero-order chi connectivity index (χ0) is 19.1. The number of rotatable bonds is 7. The summed E-state index contributed by atoms with van der Waals surface area (Å²) >= 11 is 1.31. The van der Waals surface area contributed by atoms with Crippen LogP contribution in [0.1, 0.15) is 18.1 Å².